The lowest BCUT2D eigenvalue weighted by Gasteiger charge is -2.25. The van der Waals surface area contributed by atoms with Gasteiger partial charge in [-0.3, -0.25) is 4.79 Å². The minimum atomic E-state index is -0.124. The van der Waals surface area contributed by atoms with Crippen LogP contribution in [0.3, 0.4) is 0 Å². The summed E-state index contributed by atoms with van der Waals surface area (Å²) in [5, 5.41) is 3.06. The Hall–Kier alpha value is -1.39. The Morgan fingerprint density at radius 3 is 2.79 bits per heavy atom. The molecule has 1 amide bonds. The monoisotopic (exact) mass is 262 g/mol. The maximum Gasteiger partial charge on any atom is 0.222 e. The fourth-order valence-corrected chi connectivity index (χ4v) is 2.44. The van der Waals surface area contributed by atoms with Crippen molar-refractivity contribution in [2.45, 2.75) is 44.4 Å². The first kappa shape index (κ1) is 14.0. The van der Waals surface area contributed by atoms with Gasteiger partial charge in [-0.2, -0.15) is 0 Å². The molecule has 1 fully saturated rings. The van der Waals surface area contributed by atoms with Crippen LogP contribution in [-0.4, -0.2) is 24.7 Å². The van der Waals surface area contributed by atoms with Gasteiger partial charge >= 0.3 is 0 Å². The maximum absolute atomic E-state index is 11.9. The summed E-state index contributed by atoms with van der Waals surface area (Å²) in [4.78, 5) is 11.9. The molecule has 1 aliphatic heterocycles. The molecule has 2 rings (SSSR count). The normalized spacial score (nSPS) is 21.9. The van der Waals surface area contributed by atoms with Gasteiger partial charge in [0, 0.05) is 19.1 Å². The topological polar surface area (TPSA) is 64.4 Å². The first-order chi connectivity index (χ1) is 9.16. The van der Waals surface area contributed by atoms with Crippen molar-refractivity contribution in [3.63, 3.8) is 0 Å². The molecule has 0 radical (unpaired) electrons. The molecule has 3 N–H and O–H groups in total. The van der Waals surface area contributed by atoms with Gasteiger partial charge in [0.05, 0.1) is 12.1 Å². The number of ether oxygens (including phenoxy) is 1. The summed E-state index contributed by atoms with van der Waals surface area (Å²) >= 11 is 0. The smallest absolute Gasteiger partial charge is 0.222 e. The van der Waals surface area contributed by atoms with Gasteiger partial charge in [0.2, 0.25) is 5.91 Å². The van der Waals surface area contributed by atoms with E-state index in [0.717, 1.165) is 25.0 Å². The highest BCUT2D eigenvalue weighted by atomic mass is 16.5. The van der Waals surface area contributed by atoms with Gasteiger partial charge in [-0.15, -0.1) is 0 Å². The highest BCUT2D eigenvalue weighted by Gasteiger charge is 2.28. The van der Waals surface area contributed by atoms with Crippen molar-refractivity contribution in [3.05, 3.63) is 35.9 Å². The van der Waals surface area contributed by atoms with Crippen LogP contribution in [0.1, 0.15) is 37.8 Å². The van der Waals surface area contributed by atoms with Gasteiger partial charge in [0.1, 0.15) is 0 Å². The van der Waals surface area contributed by atoms with Gasteiger partial charge in [-0.05, 0) is 25.3 Å². The zero-order chi connectivity index (χ0) is 13.7. The van der Waals surface area contributed by atoms with E-state index < -0.39 is 0 Å². The van der Waals surface area contributed by atoms with Crippen LogP contribution in [0.25, 0.3) is 0 Å². The number of carbonyl (C=O) groups is 1. The molecule has 1 aliphatic rings. The van der Waals surface area contributed by atoms with Gasteiger partial charge in [0.25, 0.3) is 0 Å². The largest absolute Gasteiger partial charge is 0.376 e. The number of carbonyl (C=O) groups excluding carboxylic acids is 1. The van der Waals surface area contributed by atoms with E-state index in [9.17, 15) is 4.79 Å². The third-order valence-electron chi connectivity index (χ3n) is 3.32. The quantitative estimate of drug-likeness (QED) is 0.850. The van der Waals surface area contributed by atoms with Crippen molar-refractivity contribution in [3.8, 4) is 0 Å². The average Bonchev–Trinajstić information content (AvgIpc) is 2.90. The Morgan fingerprint density at radius 1 is 1.47 bits per heavy atom. The van der Waals surface area contributed by atoms with Crippen LogP contribution in [-0.2, 0) is 9.53 Å². The molecule has 1 saturated heterocycles. The summed E-state index contributed by atoms with van der Waals surface area (Å²) in [7, 11) is 0. The first-order valence-electron chi connectivity index (χ1n) is 6.88. The molecule has 0 aromatic heterocycles. The number of amides is 1. The molecule has 0 spiro atoms. The molecule has 1 heterocycles. The van der Waals surface area contributed by atoms with Crippen LogP contribution in [0, 0.1) is 0 Å². The lowest BCUT2D eigenvalue weighted by Crippen LogP contribution is -2.38. The van der Waals surface area contributed by atoms with Gasteiger partial charge in [-0.25, -0.2) is 0 Å². The van der Waals surface area contributed by atoms with Crippen LogP contribution in [0.5, 0.6) is 0 Å². The molecule has 0 bridgehead atoms. The van der Waals surface area contributed by atoms with Crippen molar-refractivity contribution in [1.82, 2.24) is 5.32 Å². The van der Waals surface area contributed by atoms with Crippen LogP contribution < -0.4 is 11.1 Å². The van der Waals surface area contributed by atoms with Crippen molar-refractivity contribution in [2.24, 2.45) is 5.73 Å². The van der Waals surface area contributed by atoms with Crippen molar-refractivity contribution in [2.75, 3.05) is 6.61 Å². The number of benzene rings is 1. The molecule has 3 atom stereocenters. The molecule has 1 aromatic rings. The van der Waals surface area contributed by atoms with Crippen LogP contribution in [0.4, 0.5) is 0 Å². The van der Waals surface area contributed by atoms with E-state index in [1.54, 1.807) is 0 Å². The summed E-state index contributed by atoms with van der Waals surface area (Å²) in [6, 6.07) is 9.79. The predicted octanol–water partition coefficient (Wildman–Crippen LogP) is 1.76. The second-order valence-electron chi connectivity index (χ2n) is 5.19. The minimum Gasteiger partial charge on any atom is -0.376 e. The average molecular weight is 262 g/mol. The van der Waals surface area contributed by atoms with E-state index in [0.29, 0.717) is 6.42 Å². The second kappa shape index (κ2) is 6.68. The molecular weight excluding hydrogens is 240 g/mol. The third-order valence-corrected chi connectivity index (χ3v) is 3.32. The molecule has 4 heteroatoms. The molecule has 19 heavy (non-hydrogen) atoms. The standard InChI is InChI=1S/C15H22N2O2/c1-11(16)10-14(18)17-15(13-8-5-9-19-13)12-6-3-2-4-7-12/h2-4,6-7,11,13,15H,5,8-10,16H2,1H3,(H,17,18). The number of hydrogen-bond donors (Lipinski definition) is 2. The molecule has 0 aliphatic carbocycles. The number of nitrogens with one attached hydrogen (secondary N) is 1. The number of hydrogen-bond acceptors (Lipinski definition) is 3. The summed E-state index contributed by atoms with van der Waals surface area (Å²) in [6.45, 7) is 2.61. The summed E-state index contributed by atoms with van der Waals surface area (Å²) in [5.41, 5.74) is 6.76. The summed E-state index contributed by atoms with van der Waals surface area (Å²) in [5.74, 6) is -0.0145. The maximum atomic E-state index is 11.9. The van der Waals surface area contributed by atoms with Crippen molar-refractivity contribution < 1.29 is 9.53 Å². The van der Waals surface area contributed by atoms with E-state index in [2.05, 4.69) is 5.32 Å². The van der Waals surface area contributed by atoms with Crippen molar-refractivity contribution >= 4 is 5.91 Å². The fourth-order valence-electron chi connectivity index (χ4n) is 2.44. The SMILES string of the molecule is CC(N)CC(=O)NC(c1ccccc1)C1CCCO1. The molecular formula is C15H22N2O2. The van der Waals surface area contributed by atoms with E-state index in [-0.39, 0.29) is 24.1 Å². The van der Waals surface area contributed by atoms with E-state index >= 15 is 0 Å². The highest BCUT2D eigenvalue weighted by Crippen LogP contribution is 2.26. The van der Waals surface area contributed by atoms with Gasteiger partial charge in [0.15, 0.2) is 0 Å². The molecule has 4 nitrogen and oxygen atoms in total. The Balaban J connectivity index is 2.08. The number of nitrogens with two attached hydrogens (primary N) is 1. The van der Waals surface area contributed by atoms with E-state index in [1.165, 1.54) is 0 Å². The molecule has 1 aromatic carbocycles. The van der Waals surface area contributed by atoms with Gasteiger partial charge in [-0.1, -0.05) is 30.3 Å². The van der Waals surface area contributed by atoms with E-state index in [1.807, 2.05) is 37.3 Å². The number of rotatable bonds is 5. The van der Waals surface area contributed by atoms with Gasteiger partial charge < -0.3 is 15.8 Å². The zero-order valence-electron chi connectivity index (χ0n) is 11.3. The zero-order valence-corrected chi connectivity index (χ0v) is 11.3. The Kier molecular flexibility index (Phi) is 4.93. The van der Waals surface area contributed by atoms with Crippen molar-refractivity contribution in [1.29, 1.82) is 0 Å². The lowest BCUT2D eigenvalue weighted by molar-refractivity contribution is -0.123. The Labute approximate surface area is 114 Å². The van der Waals surface area contributed by atoms with Crippen LogP contribution >= 0.6 is 0 Å². The fraction of sp³-hybridized carbons (Fsp3) is 0.533. The van der Waals surface area contributed by atoms with E-state index in [4.69, 9.17) is 10.5 Å². The van der Waals surface area contributed by atoms with Crippen LogP contribution in [0.2, 0.25) is 0 Å². The second-order valence-corrected chi connectivity index (χ2v) is 5.19. The third kappa shape index (κ3) is 4.04. The summed E-state index contributed by atoms with van der Waals surface area (Å²) < 4.78 is 5.73. The Bertz CT molecular complexity index is 400. The van der Waals surface area contributed by atoms with Crippen LogP contribution in [0.15, 0.2) is 30.3 Å². The Morgan fingerprint density at radius 2 is 2.21 bits per heavy atom. The first-order valence-corrected chi connectivity index (χ1v) is 6.88. The molecule has 0 saturated carbocycles. The molecule has 104 valence electrons. The summed E-state index contributed by atoms with van der Waals surface area (Å²) in [6.07, 6.45) is 2.45. The minimum absolute atomic E-state index is 0.0145. The molecule has 3 unspecified atom stereocenters. The lowest BCUT2D eigenvalue weighted by atomic mass is 9.99. The highest BCUT2D eigenvalue weighted by molar-refractivity contribution is 5.77. The predicted molar refractivity (Wildman–Crippen MR) is 74.6 cm³/mol.